The lowest BCUT2D eigenvalue weighted by Gasteiger charge is -2.36. The summed E-state index contributed by atoms with van der Waals surface area (Å²) in [6.07, 6.45) is 0. The van der Waals surface area contributed by atoms with E-state index >= 15 is 0 Å². The maximum Gasteiger partial charge on any atom is 0.0714 e. The molecule has 2 aliphatic carbocycles. The minimum atomic E-state index is -0.557. The Bertz CT molecular complexity index is 3350. The molecule has 308 valence electrons. The number of benzene rings is 10. The molecule has 1 heteroatoms. The smallest absolute Gasteiger partial charge is 0.0714 e. The third-order valence-electron chi connectivity index (χ3n) is 14.1. The number of hydrogen-bond acceptors (Lipinski definition) is 1. The summed E-state index contributed by atoms with van der Waals surface area (Å²) in [6.45, 7) is 4.82. The van der Waals surface area contributed by atoms with E-state index in [1.165, 1.54) is 94.7 Å². The molecule has 1 nitrogen and oxygen atoms in total. The molecule has 12 rings (SSSR count). The first-order chi connectivity index (χ1) is 32.1. The largest absolute Gasteiger partial charge is 0.309 e. The van der Waals surface area contributed by atoms with Crippen molar-refractivity contribution in [3.63, 3.8) is 0 Å². The van der Waals surface area contributed by atoms with Crippen LogP contribution in [0.25, 0.3) is 55.6 Å². The van der Waals surface area contributed by atoms with Crippen LogP contribution in [0.5, 0.6) is 0 Å². The predicted molar refractivity (Wildman–Crippen MR) is 272 cm³/mol. The Balaban J connectivity index is 1.24. The second kappa shape index (κ2) is 15.4. The summed E-state index contributed by atoms with van der Waals surface area (Å²) in [7, 11) is 0. The van der Waals surface area contributed by atoms with Gasteiger partial charge in [-0.05, 0) is 96.1 Å². The molecule has 10 aromatic rings. The maximum atomic E-state index is 2.64. The first-order valence-electron chi connectivity index (χ1n) is 22.8. The van der Waals surface area contributed by atoms with E-state index in [1.807, 2.05) is 0 Å². The molecular formula is C64H47N. The number of anilines is 3. The Labute approximate surface area is 382 Å². The van der Waals surface area contributed by atoms with Crippen LogP contribution in [0.4, 0.5) is 17.1 Å². The number of hydrogen-bond donors (Lipinski definition) is 0. The van der Waals surface area contributed by atoms with Crippen molar-refractivity contribution in [3.8, 4) is 55.6 Å². The first-order valence-corrected chi connectivity index (χ1v) is 22.8. The highest BCUT2D eigenvalue weighted by molar-refractivity contribution is 6.05. The highest BCUT2D eigenvalue weighted by Gasteiger charge is 2.48. The van der Waals surface area contributed by atoms with Gasteiger partial charge in [0, 0.05) is 16.5 Å². The first kappa shape index (κ1) is 38.7. The van der Waals surface area contributed by atoms with E-state index in [0.29, 0.717) is 0 Å². The monoisotopic (exact) mass is 829 g/mol. The summed E-state index contributed by atoms with van der Waals surface area (Å²) >= 11 is 0. The van der Waals surface area contributed by atoms with Crippen molar-refractivity contribution in [2.45, 2.75) is 24.7 Å². The molecule has 10 aromatic carbocycles. The quantitative estimate of drug-likeness (QED) is 0.147. The lowest BCUT2D eigenvalue weighted by Crippen LogP contribution is -2.28. The topological polar surface area (TPSA) is 3.24 Å². The lowest BCUT2D eigenvalue weighted by molar-refractivity contribution is 0.661. The summed E-state index contributed by atoms with van der Waals surface area (Å²) < 4.78 is 0. The van der Waals surface area contributed by atoms with Crippen molar-refractivity contribution in [1.82, 2.24) is 0 Å². The van der Waals surface area contributed by atoms with Crippen LogP contribution >= 0.6 is 0 Å². The zero-order valence-corrected chi connectivity index (χ0v) is 36.6. The van der Waals surface area contributed by atoms with Crippen LogP contribution in [0.1, 0.15) is 47.2 Å². The van der Waals surface area contributed by atoms with Crippen molar-refractivity contribution < 1.29 is 0 Å². The third kappa shape index (κ3) is 5.86. The van der Waals surface area contributed by atoms with E-state index in [0.717, 1.165) is 11.4 Å². The molecule has 0 fully saturated rings. The lowest BCUT2D eigenvalue weighted by atomic mass is 9.68. The average molecular weight is 830 g/mol. The van der Waals surface area contributed by atoms with E-state index in [-0.39, 0.29) is 5.41 Å². The molecule has 0 aromatic heterocycles. The van der Waals surface area contributed by atoms with Gasteiger partial charge in [-0.25, -0.2) is 0 Å². The van der Waals surface area contributed by atoms with Gasteiger partial charge in [0.15, 0.2) is 0 Å². The van der Waals surface area contributed by atoms with Crippen LogP contribution in [0, 0.1) is 0 Å². The molecule has 0 saturated heterocycles. The number of rotatable bonds is 8. The normalized spacial score (nSPS) is 13.6. The van der Waals surface area contributed by atoms with E-state index in [2.05, 4.69) is 267 Å². The standard InChI is InChI=1S/C64H47N/c1-63(2)54-38-19-17-33-50(54)52-37-22-43-59(62(52)63)65(57-41-21-36-49(45-26-9-4-10-27-45)60(57)51-34-16-15-32-48(51)44-24-7-3-8-25-44)58-42-23-40-56-61(58)53-35-18-20-39-55(53)64(56,46-28-11-5-12-29-46)47-30-13-6-14-31-47/h3-43H,1-2H3. The second-order valence-electron chi connectivity index (χ2n) is 17.9. The summed E-state index contributed by atoms with van der Waals surface area (Å²) in [6, 6.07) is 92.2. The van der Waals surface area contributed by atoms with Crippen molar-refractivity contribution in [1.29, 1.82) is 0 Å². The van der Waals surface area contributed by atoms with Gasteiger partial charge in [-0.3, -0.25) is 0 Å². The van der Waals surface area contributed by atoms with Gasteiger partial charge >= 0.3 is 0 Å². The number of nitrogens with zero attached hydrogens (tertiary/aromatic N) is 1. The van der Waals surface area contributed by atoms with Crippen molar-refractivity contribution in [2.24, 2.45) is 0 Å². The Morgan fingerprint density at radius 2 is 0.692 bits per heavy atom. The average Bonchev–Trinajstić information content (AvgIpc) is 3.81. The molecule has 0 radical (unpaired) electrons. The highest BCUT2D eigenvalue weighted by Crippen LogP contribution is 2.62. The second-order valence-corrected chi connectivity index (χ2v) is 17.9. The Morgan fingerprint density at radius 3 is 1.32 bits per heavy atom. The number of fused-ring (bicyclic) bond motifs is 6. The summed E-state index contributed by atoms with van der Waals surface area (Å²) in [5.74, 6) is 0. The van der Waals surface area contributed by atoms with E-state index < -0.39 is 5.41 Å². The van der Waals surface area contributed by atoms with Crippen LogP contribution in [0.15, 0.2) is 249 Å². The van der Waals surface area contributed by atoms with Crippen molar-refractivity contribution in [3.05, 3.63) is 282 Å². The zero-order valence-electron chi connectivity index (χ0n) is 36.6. The van der Waals surface area contributed by atoms with Gasteiger partial charge in [0.1, 0.15) is 0 Å². The summed E-state index contributed by atoms with van der Waals surface area (Å²) in [5, 5.41) is 0. The van der Waals surface area contributed by atoms with Crippen LogP contribution in [-0.4, -0.2) is 0 Å². The molecule has 0 saturated carbocycles. The van der Waals surface area contributed by atoms with E-state index in [1.54, 1.807) is 0 Å². The van der Waals surface area contributed by atoms with Gasteiger partial charge in [-0.1, -0.05) is 244 Å². The molecule has 0 heterocycles. The Kier molecular flexibility index (Phi) is 9.14. The fraction of sp³-hybridized carbons (Fsp3) is 0.0625. The van der Waals surface area contributed by atoms with Gasteiger partial charge in [0.25, 0.3) is 0 Å². The molecule has 0 N–H and O–H groups in total. The van der Waals surface area contributed by atoms with Crippen LogP contribution in [-0.2, 0) is 10.8 Å². The fourth-order valence-electron chi connectivity index (χ4n) is 11.5. The molecule has 0 atom stereocenters. The van der Waals surface area contributed by atoms with Crippen LogP contribution < -0.4 is 4.90 Å². The fourth-order valence-corrected chi connectivity index (χ4v) is 11.5. The van der Waals surface area contributed by atoms with Crippen LogP contribution in [0.3, 0.4) is 0 Å². The Morgan fingerprint density at radius 1 is 0.277 bits per heavy atom. The Hall–Kier alpha value is -8.00. The summed E-state index contributed by atoms with van der Waals surface area (Å²) in [5.41, 5.74) is 22.5. The van der Waals surface area contributed by atoms with E-state index in [9.17, 15) is 0 Å². The maximum absolute atomic E-state index is 2.64. The summed E-state index contributed by atoms with van der Waals surface area (Å²) in [4.78, 5) is 2.64. The van der Waals surface area contributed by atoms with Crippen molar-refractivity contribution >= 4 is 17.1 Å². The van der Waals surface area contributed by atoms with Gasteiger partial charge in [-0.15, -0.1) is 0 Å². The zero-order chi connectivity index (χ0) is 43.5. The molecule has 2 aliphatic rings. The van der Waals surface area contributed by atoms with Gasteiger partial charge in [0.05, 0.1) is 22.5 Å². The SMILES string of the molecule is CC1(C)c2ccccc2-c2cccc(N(c3cccc(-c4ccccc4)c3-c3ccccc3-c3ccccc3)c3cccc4c3-c3ccccc3C4(c3ccccc3)c3ccccc3)c21. The molecule has 0 aliphatic heterocycles. The molecule has 65 heavy (non-hydrogen) atoms. The highest BCUT2D eigenvalue weighted by atomic mass is 15.2. The predicted octanol–water partition coefficient (Wildman–Crippen LogP) is 16.8. The molecule has 0 bridgehead atoms. The molecule has 0 unspecified atom stereocenters. The molecule has 0 spiro atoms. The van der Waals surface area contributed by atoms with Gasteiger partial charge in [-0.2, -0.15) is 0 Å². The minimum absolute atomic E-state index is 0.284. The van der Waals surface area contributed by atoms with E-state index in [4.69, 9.17) is 0 Å². The van der Waals surface area contributed by atoms with Crippen molar-refractivity contribution in [2.75, 3.05) is 4.90 Å². The molecule has 0 amide bonds. The van der Waals surface area contributed by atoms with Gasteiger partial charge in [0.2, 0.25) is 0 Å². The third-order valence-corrected chi connectivity index (χ3v) is 14.1. The van der Waals surface area contributed by atoms with Gasteiger partial charge < -0.3 is 4.90 Å². The molecular weight excluding hydrogens is 783 g/mol. The minimum Gasteiger partial charge on any atom is -0.309 e. The van der Waals surface area contributed by atoms with Crippen LogP contribution in [0.2, 0.25) is 0 Å².